The van der Waals surface area contributed by atoms with Gasteiger partial charge in [-0.15, -0.1) is 0 Å². The molecule has 41 heavy (non-hydrogen) atoms. The van der Waals surface area contributed by atoms with Gasteiger partial charge in [0.25, 0.3) is 0 Å². The number of benzene rings is 2. The van der Waals surface area contributed by atoms with Gasteiger partial charge in [-0.3, -0.25) is 19.8 Å². The Morgan fingerprint density at radius 1 is 1.02 bits per heavy atom. The molecular weight excluding hydrogens is 540 g/mol. The Morgan fingerprint density at radius 3 is 2.29 bits per heavy atom. The van der Waals surface area contributed by atoms with Crippen molar-refractivity contribution >= 4 is 21.8 Å². The zero-order valence-corrected chi connectivity index (χ0v) is 24.8. The zero-order valence-electron chi connectivity index (χ0n) is 24.0. The van der Waals surface area contributed by atoms with Crippen molar-refractivity contribution in [2.75, 3.05) is 32.7 Å². The van der Waals surface area contributed by atoms with Crippen LogP contribution >= 0.6 is 0 Å². The average Bonchev–Trinajstić information content (AvgIpc) is 3.45. The Morgan fingerprint density at radius 2 is 1.66 bits per heavy atom. The van der Waals surface area contributed by atoms with Crippen molar-refractivity contribution in [1.82, 2.24) is 19.8 Å². The molecule has 10 heteroatoms. The first kappa shape index (κ1) is 32.3. The number of rotatable bonds is 14. The molecule has 2 amide bonds. The second kappa shape index (κ2) is 15.7. The summed E-state index contributed by atoms with van der Waals surface area (Å²) in [6.45, 7) is 6.15. The summed E-state index contributed by atoms with van der Waals surface area (Å²) >= 11 is 0. The van der Waals surface area contributed by atoms with Crippen molar-refractivity contribution in [3.8, 4) is 12.0 Å². The Kier molecular flexibility index (Phi) is 12.4. The normalized spacial score (nSPS) is 15.2. The van der Waals surface area contributed by atoms with Crippen LogP contribution in [0.5, 0.6) is 0 Å². The Bertz CT molecular complexity index is 1290. The van der Waals surface area contributed by atoms with Gasteiger partial charge in [-0.25, -0.2) is 8.42 Å². The average molecular weight is 583 g/mol. The predicted molar refractivity (Wildman–Crippen MR) is 159 cm³/mol. The van der Waals surface area contributed by atoms with Gasteiger partial charge < -0.3 is 10.4 Å². The number of amides is 2. The monoisotopic (exact) mass is 582 g/mol. The first-order valence-electron chi connectivity index (χ1n) is 14.2. The van der Waals surface area contributed by atoms with Gasteiger partial charge in [0, 0.05) is 44.8 Å². The van der Waals surface area contributed by atoms with Crippen LogP contribution in [-0.4, -0.2) is 73.0 Å². The van der Waals surface area contributed by atoms with Gasteiger partial charge in [-0.2, -0.15) is 4.31 Å². The highest BCUT2D eigenvalue weighted by Gasteiger charge is 2.43. The highest BCUT2D eigenvalue weighted by molar-refractivity contribution is 7.89. The molecule has 1 saturated heterocycles. The maximum Gasteiger partial charge on any atom is 0.245 e. The lowest BCUT2D eigenvalue weighted by Crippen LogP contribution is -2.55. The third-order valence-electron chi connectivity index (χ3n) is 6.84. The Labute approximate surface area is 244 Å². The van der Waals surface area contributed by atoms with E-state index in [0.717, 1.165) is 31.5 Å². The Balaban J connectivity index is 1.63. The van der Waals surface area contributed by atoms with Crippen LogP contribution in [0, 0.1) is 17.9 Å². The largest absolute Gasteiger partial charge is 0.374 e. The fraction of sp³-hybridized carbons (Fsp3) is 0.484. The maximum absolute atomic E-state index is 13.8. The number of carbonyl (C=O) groups is 2. The van der Waals surface area contributed by atoms with Crippen molar-refractivity contribution in [2.45, 2.75) is 63.0 Å². The second-order valence-corrected chi connectivity index (χ2v) is 12.7. The lowest BCUT2D eigenvalue weighted by Gasteiger charge is -2.40. The van der Waals surface area contributed by atoms with Crippen molar-refractivity contribution < 1.29 is 23.1 Å². The fourth-order valence-corrected chi connectivity index (χ4v) is 6.65. The van der Waals surface area contributed by atoms with Crippen LogP contribution in [-0.2, 0) is 26.0 Å². The molecule has 9 nitrogen and oxygen atoms in total. The molecule has 1 fully saturated rings. The number of hydrogen-bond donors (Lipinski definition) is 3. The maximum atomic E-state index is 13.8. The summed E-state index contributed by atoms with van der Waals surface area (Å²) in [5.41, 5.74) is -1.01. The van der Waals surface area contributed by atoms with E-state index in [2.05, 4.69) is 27.5 Å². The number of nitrogens with zero attached hydrogens (tertiary/aromatic N) is 2. The van der Waals surface area contributed by atoms with Gasteiger partial charge in [0.05, 0.1) is 11.4 Å². The molecule has 0 bridgehead atoms. The van der Waals surface area contributed by atoms with E-state index >= 15 is 0 Å². The van der Waals surface area contributed by atoms with E-state index in [0.29, 0.717) is 6.54 Å². The summed E-state index contributed by atoms with van der Waals surface area (Å²) in [6, 6.07) is 19.9. The van der Waals surface area contributed by atoms with Gasteiger partial charge >= 0.3 is 0 Å². The molecule has 1 heterocycles. The topological polar surface area (TPSA) is 119 Å². The van der Waals surface area contributed by atoms with Crippen molar-refractivity contribution in [2.24, 2.45) is 5.92 Å². The first-order valence-corrected chi connectivity index (χ1v) is 15.6. The number of hydrogen-bond acceptors (Lipinski definition) is 6. The van der Waals surface area contributed by atoms with E-state index in [1.54, 1.807) is 18.2 Å². The molecule has 0 radical (unpaired) electrons. The van der Waals surface area contributed by atoms with Crippen LogP contribution in [0.25, 0.3) is 0 Å². The summed E-state index contributed by atoms with van der Waals surface area (Å²) in [7, 11) is -4.05. The standard InChI is InChI=1S/C31H42N4O5S/c1-26(2)24-35(41(39,40)28-15-7-4-8-16-28)31(38,23-27-13-5-3-6-14-27)18-20-33-29(36)17-9-10-19-32-30(37)25-34-21-11-12-22-34/h3-8,13-16,26,38H,9,11-12,17-18,20-25H2,1-2H3,(H,32,37)(H,33,36). The summed E-state index contributed by atoms with van der Waals surface area (Å²) in [4.78, 5) is 26.6. The first-order chi connectivity index (χ1) is 19.6. The van der Waals surface area contributed by atoms with E-state index in [1.807, 2.05) is 44.2 Å². The van der Waals surface area contributed by atoms with Crippen molar-refractivity contribution in [3.63, 3.8) is 0 Å². The van der Waals surface area contributed by atoms with Gasteiger partial charge in [0.2, 0.25) is 21.8 Å². The number of nitrogens with one attached hydrogen (secondary N) is 2. The second-order valence-electron chi connectivity index (χ2n) is 10.8. The molecule has 222 valence electrons. The van der Waals surface area contributed by atoms with Gasteiger partial charge in [-0.05, 0) is 49.5 Å². The van der Waals surface area contributed by atoms with Gasteiger partial charge in [0.15, 0.2) is 0 Å². The van der Waals surface area contributed by atoms with Crippen LogP contribution in [0.2, 0.25) is 0 Å². The minimum Gasteiger partial charge on any atom is -0.374 e. The molecule has 0 aromatic heterocycles. The fourth-order valence-electron chi connectivity index (χ4n) is 4.79. The number of carbonyl (C=O) groups excluding carboxylic acids is 2. The lowest BCUT2D eigenvalue weighted by molar-refractivity contribution is -0.122. The summed E-state index contributed by atoms with van der Waals surface area (Å²) in [5, 5.41) is 17.4. The molecule has 1 aliphatic heterocycles. The van der Waals surface area contributed by atoms with E-state index in [1.165, 1.54) is 16.4 Å². The molecule has 0 saturated carbocycles. The molecular formula is C31H42N4O5S. The quantitative estimate of drug-likeness (QED) is 0.179. The molecule has 0 spiro atoms. The van der Waals surface area contributed by atoms with Crippen molar-refractivity contribution in [3.05, 3.63) is 66.2 Å². The number of likely N-dealkylation sites (tertiary alicyclic amines) is 1. The summed E-state index contributed by atoms with van der Waals surface area (Å²) in [6.07, 6.45) is 2.64. The lowest BCUT2D eigenvalue weighted by atomic mass is 9.98. The minimum atomic E-state index is -4.05. The molecule has 2 aromatic carbocycles. The summed E-state index contributed by atoms with van der Waals surface area (Å²) < 4.78 is 28.7. The van der Waals surface area contributed by atoms with Crippen LogP contribution in [0.4, 0.5) is 0 Å². The van der Waals surface area contributed by atoms with Crippen LogP contribution in [0.3, 0.4) is 0 Å². The molecule has 1 atom stereocenters. The molecule has 3 rings (SSSR count). The third-order valence-corrected chi connectivity index (χ3v) is 8.77. The summed E-state index contributed by atoms with van der Waals surface area (Å²) in [5.74, 6) is 2.31. The minimum absolute atomic E-state index is 0.00927. The zero-order chi connectivity index (χ0) is 29.7. The third kappa shape index (κ3) is 10.3. The predicted octanol–water partition coefficient (Wildman–Crippen LogP) is 2.72. The smallest absolute Gasteiger partial charge is 0.245 e. The van der Waals surface area contributed by atoms with E-state index in [-0.39, 0.29) is 61.4 Å². The van der Waals surface area contributed by atoms with Crippen molar-refractivity contribution in [1.29, 1.82) is 0 Å². The SMILES string of the molecule is CC(C)CN(C(O)(CCNC(=O)CCC#CNC(=O)CN1CCCC1)Cc1ccccc1)S(=O)(=O)c1ccccc1. The van der Waals surface area contributed by atoms with Crippen LogP contribution in [0.15, 0.2) is 65.6 Å². The van der Waals surface area contributed by atoms with E-state index in [4.69, 9.17) is 0 Å². The molecule has 1 aliphatic rings. The highest BCUT2D eigenvalue weighted by Crippen LogP contribution is 2.30. The van der Waals surface area contributed by atoms with E-state index < -0.39 is 15.7 Å². The van der Waals surface area contributed by atoms with Gasteiger partial charge in [0.1, 0.15) is 5.72 Å². The van der Waals surface area contributed by atoms with Crippen LogP contribution in [0.1, 0.15) is 51.5 Å². The number of sulfonamides is 1. The molecule has 3 N–H and O–H groups in total. The Hall–Kier alpha value is -3.23. The number of aliphatic hydroxyl groups is 1. The highest BCUT2D eigenvalue weighted by atomic mass is 32.2. The molecule has 1 unspecified atom stereocenters. The molecule has 0 aliphatic carbocycles. The van der Waals surface area contributed by atoms with E-state index in [9.17, 15) is 23.1 Å². The molecule has 2 aromatic rings. The van der Waals surface area contributed by atoms with Gasteiger partial charge in [-0.1, -0.05) is 68.3 Å². The van der Waals surface area contributed by atoms with Crippen LogP contribution < -0.4 is 10.6 Å².